The molecule has 2 aromatic rings. The van der Waals surface area contributed by atoms with E-state index in [1.165, 1.54) is 28.2 Å². The fourth-order valence-corrected chi connectivity index (χ4v) is 2.99. The minimum atomic E-state index is -0.521. The van der Waals surface area contributed by atoms with Crippen LogP contribution in [0.4, 0.5) is 21.0 Å². The van der Waals surface area contributed by atoms with E-state index in [0.717, 1.165) is 6.20 Å². The molecule has 17 nitrogen and oxygen atoms in total. The number of hydrogen-bond acceptors (Lipinski definition) is 11. The second-order valence-corrected chi connectivity index (χ2v) is 10.7. The van der Waals surface area contributed by atoms with Crippen LogP contribution in [0.2, 0.25) is 0 Å². The lowest BCUT2D eigenvalue weighted by Crippen LogP contribution is -2.54. The molecule has 17 heteroatoms. The van der Waals surface area contributed by atoms with Crippen molar-refractivity contribution >= 4 is 23.6 Å². The molecule has 2 aliphatic rings. The number of carbonyl (C=O) groups excluding carboxylic acids is 2. The minimum Gasteiger partial charge on any atom is -0.444 e. The lowest BCUT2D eigenvalue weighted by atomic mass is 10.1. The fraction of sp³-hybridized carbons (Fsp3) is 0.636. The molecule has 2 saturated heterocycles. The summed E-state index contributed by atoms with van der Waals surface area (Å²) in [5.74, 6) is 0. The van der Waals surface area contributed by atoms with Gasteiger partial charge in [0.1, 0.15) is 29.8 Å². The van der Waals surface area contributed by atoms with E-state index in [0.29, 0.717) is 26.2 Å². The third kappa shape index (κ3) is 10.2. The number of rotatable bonds is 3. The molecule has 0 aromatic carbocycles. The number of hydrogen-bond donors (Lipinski definition) is 2. The van der Waals surface area contributed by atoms with Crippen LogP contribution in [-0.4, -0.2) is 100 Å². The van der Waals surface area contributed by atoms with E-state index in [2.05, 4.69) is 15.3 Å². The highest BCUT2D eigenvalue weighted by atomic mass is 16.6. The third-order valence-corrected chi connectivity index (χ3v) is 4.90. The van der Waals surface area contributed by atoms with Gasteiger partial charge in [-0.05, 0) is 41.5 Å². The summed E-state index contributed by atoms with van der Waals surface area (Å²) in [6.07, 6.45) is 3.88. The van der Waals surface area contributed by atoms with Gasteiger partial charge in [0.05, 0.1) is 41.3 Å². The number of aromatic nitrogens is 4. The van der Waals surface area contributed by atoms with E-state index in [1.54, 1.807) is 25.7 Å². The van der Waals surface area contributed by atoms with Crippen LogP contribution in [0, 0.1) is 20.2 Å². The van der Waals surface area contributed by atoms with Crippen LogP contribution in [0.25, 0.3) is 0 Å². The highest BCUT2D eigenvalue weighted by Gasteiger charge is 2.36. The molecular weight excluding hydrogens is 520 g/mol. The summed E-state index contributed by atoms with van der Waals surface area (Å²) < 4.78 is 11.8. The van der Waals surface area contributed by atoms with Crippen molar-refractivity contribution < 1.29 is 34.0 Å². The van der Waals surface area contributed by atoms with Crippen molar-refractivity contribution in [1.29, 1.82) is 0 Å². The van der Waals surface area contributed by atoms with Crippen LogP contribution in [0.3, 0.4) is 0 Å². The van der Waals surface area contributed by atoms with Gasteiger partial charge >= 0.3 is 23.6 Å². The van der Waals surface area contributed by atoms with Crippen molar-refractivity contribution in [3.63, 3.8) is 0 Å². The number of nitro groups is 2. The van der Waals surface area contributed by atoms with Crippen molar-refractivity contribution in [1.82, 2.24) is 29.8 Å². The zero-order valence-electron chi connectivity index (χ0n) is 22.6. The highest BCUT2D eigenvalue weighted by Crippen LogP contribution is 2.24. The van der Waals surface area contributed by atoms with Gasteiger partial charge in [-0.1, -0.05) is 0 Å². The molecule has 0 radical (unpaired) electrons. The van der Waals surface area contributed by atoms with E-state index < -0.39 is 21.0 Å². The Bertz CT molecular complexity index is 1130. The normalized spacial score (nSPS) is 15.5. The van der Waals surface area contributed by atoms with E-state index in [4.69, 9.17) is 14.6 Å². The first kappa shape index (κ1) is 30.9. The minimum absolute atomic E-state index is 0.00926. The number of H-pyrrole nitrogens is 1. The molecule has 2 aliphatic heterocycles. The Balaban J connectivity index is 0.000000227. The summed E-state index contributed by atoms with van der Waals surface area (Å²) in [6.45, 7) is 12.6. The summed E-state index contributed by atoms with van der Waals surface area (Å²) in [5.41, 5.74) is -1.02. The molecule has 2 fully saturated rings. The highest BCUT2D eigenvalue weighted by molar-refractivity contribution is 5.69. The van der Waals surface area contributed by atoms with Gasteiger partial charge in [-0.3, -0.25) is 30.0 Å². The smallest absolute Gasteiger partial charge is 0.410 e. The van der Waals surface area contributed by atoms with Crippen LogP contribution in [-0.2, 0) is 9.47 Å². The molecule has 0 aliphatic carbocycles. The maximum Gasteiger partial charge on any atom is 0.410 e. The summed E-state index contributed by atoms with van der Waals surface area (Å²) >= 11 is 0. The molecule has 0 saturated carbocycles. The Kier molecular flexibility index (Phi) is 9.92. The Morgan fingerprint density at radius 2 is 1.41 bits per heavy atom. The van der Waals surface area contributed by atoms with E-state index in [1.807, 2.05) is 20.8 Å². The summed E-state index contributed by atoms with van der Waals surface area (Å²) in [4.78, 5) is 45.2. The number of aliphatic hydroxyl groups excluding tert-OH is 1. The van der Waals surface area contributed by atoms with Gasteiger partial charge in [0.15, 0.2) is 0 Å². The van der Waals surface area contributed by atoms with Crippen LogP contribution in [0.1, 0.15) is 47.6 Å². The topological polar surface area (TPSA) is 212 Å². The van der Waals surface area contributed by atoms with Crippen LogP contribution in [0.15, 0.2) is 24.8 Å². The molecule has 2 N–H and O–H groups in total. The molecule has 0 bridgehead atoms. The average molecular weight is 555 g/mol. The van der Waals surface area contributed by atoms with Gasteiger partial charge in [0.2, 0.25) is 0 Å². The van der Waals surface area contributed by atoms with Gasteiger partial charge in [0, 0.05) is 13.1 Å². The van der Waals surface area contributed by atoms with Crippen molar-refractivity contribution in [2.75, 3.05) is 26.2 Å². The number of likely N-dealkylation sites (tertiary alicyclic amines) is 2. The van der Waals surface area contributed by atoms with Crippen molar-refractivity contribution in [2.24, 2.45) is 0 Å². The molecular formula is C22H34N8O9. The number of carbonyl (C=O) groups is 2. The maximum absolute atomic E-state index is 11.7. The Hall–Kier alpha value is -4.28. The van der Waals surface area contributed by atoms with Crippen molar-refractivity contribution in [2.45, 2.75) is 64.9 Å². The second kappa shape index (κ2) is 12.5. The van der Waals surface area contributed by atoms with Gasteiger partial charge < -0.3 is 24.4 Å². The SMILES string of the molecule is CC(C)(C)OC(=O)N1CC(O)C1.CC(C)(C)OC(=O)N1CC(n2cc([N+](=O)[O-])cn2)C1.O=[N+]([O-])c1cn[nH]c1. The molecule has 39 heavy (non-hydrogen) atoms. The molecule has 2 aromatic heterocycles. The van der Waals surface area contributed by atoms with Gasteiger partial charge in [-0.15, -0.1) is 0 Å². The maximum atomic E-state index is 11.7. The number of aromatic amines is 1. The molecule has 4 rings (SSSR count). The molecule has 2 amide bonds. The van der Waals surface area contributed by atoms with Gasteiger partial charge in [-0.25, -0.2) is 9.59 Å². The monoisotopic (exact) mass is 554 g/mol. The first-order valence-corrected chi connectivity index (χ1v) is 11.9. The largest absolute Gasteiger partial charge is 0.444 e. The average Bonchev–Trinajstić information content (AvgIpc) is 3.41. The van der Waals surface area contributed by atoms with E-state index in [9.17, 15) is 29.8 Å². The van der Waals surface area contributed by atoms with Crippen LogP contribution < -0.4 is 0 Å². The number of β-amino-alcohol motifs (C(OH)–C–C–N with tert-alkyl or cyclic N) is 1. The Morgan fingerprint density at radius 1 is 0.923 bits per heavy atom. The third-order valence-electron chi connectivity index (χ3n) is 4.90. The standard InChI is InChI=1S/C11H16N4O4.C8H15NO3.C3H3N3O2/c1-11(2,3)19-10(16)13-5-9(6-13)14-7-8(4-12-14)15(17)18;1-8(2,3)12-7(11)9-4-6(10)5-9;7-6(8)3-1-4-5-2-3/h4,7,9H,5-6H2,1-3H3;6,10H,4-5H2,1-3H3;1-2H,(H,4,5). The number of ether oxygens (including phenoxy) is 2. The predicted molar refractivity (Wildman–Crippen MR) is 135 cm³/mol. The van der Waals surface area contributed by atoms with Gasteiger partial charge in [0.25, 0.3) is 0 Å². The molecule has 216 valence electrons. The number of amides is 2. The lowest BCUT2D eigenvalue weighted by Gasteiger charge is -2.39. The summed E-state index contributed by atoms with van der Waals surface area (Å²) in [6, 6.07) is -0.0266. The molecule has 0 unspecified atom stereocenters. The zero-order valence-corrected chi connectivity index (χ0v) is 22.6. The molecule has 4 heterocycles. The molecule has 0 atom stereocenters. The number of aliphatic hydroxyl groups is 1. The van der Waals surface area contributed by atoms with E-state index in [-0.39, 0.29) is 35.7 Å². The Labute approximate surface area is 224 Å². The summed E-state index contributed by atoms with van der Waals surface area (Å²) in [7, 11) is 0. The number of nitrogens with one attached hydrogen (secondary N) is 1. The van der Waals surface area contributed by atoms with Crippen LogP contribution >= 0.6 is 0 Å². The number of nitrogens with zero attached hydrogens (tertiary/aromatic N) is 7. The lowest BCUT2D eigenvalue weighted by molar-refractivity contribution is -0.385. The predicted octanol–water partition coefficient (Wildman–Crippen LogP) is 2.50. The van der Waals surface area contributed by atoms with Crippen LogP contribution in [0.5, 0.6) is 0 Å². The first-order valence-electron chi connectivity index (χ1n) is 11.9. The zero-order chi connectivity index (χ0) is 29.5. The van der Waals surface area contributed by atoms with Crippen molar-refractivity contribution in [3.05, 3.63) is 45.0 Å². The Morgan fingerprint density at radius 3 is 1.74 bits per heavy atom. The first-order chi connectivity index (χ1) is 17.9. The fourth-order valence-electron chi connectivity index (χ4n) is 2.99. The quantitative estimate of drug-likeness (QED) is 0.415. The second-order valence-electron chi connectivity index (χ2n) is 10.7. The molecule has 0 spiro atoms. The van der Waals surface area contributed by atoms with E-state index >= 15 is 0 Å². The van der Waals surface area contributed by atoms with Gasteiger partial charge in [-0.2, -0.15) is 10.2 Å². The van der Waals surface area contributed by atoms with Crippen molar-refractivity contribution in [3.8, 4) is 0 Å². The summed E-state index contributed by atoms with van der Waals surface area (Å²) in [5, 5.41) is 38.9.